The van der Waals surface area contributed by atoms with E-state index in [1.165, 1.54) is 0 Å². The summed E-state index contributed by atoms with van der Waals surface area (Å²) >= 11 is 0. The Labute approximate surface area is 165 Å². The van der Waals surface area contributed by atoms with Crippen LogP contribution in [0, 0.1) is 18.8 Å². The fraction of sp³-hybridized carbons (Fsp3) is 0.526. The normalized spacial score (nSPS) is 21.7. The molecule has 1 aliphatic carbocycles. The zero-order valence-corrected chi connectivity index (χ0v) is 16.6. The van der Waals surface area contributed by atoms with Gasteiger partial charge in [-0.25, -0.2) is 26.6 Å². The molecule has 1 fully saturated rings. The number of rotatable bonds is 8. The van der Waals surface area contributed by atoms with Crippen LogP contribution in [0.1, 0.15) is 31.4 Å². The van der Waals surface area contributed by atoms with Crippen molar-refractivity contribution in [2.75, 3.05) is 13.2 Å². The second-order valence-corrected chi connectivity index (χ2v) is 8.09. The smallest absolute Gasteiger partial charge is 0.248 e. The van der Waals surface area contributed by atoms with Crippen molar-refractivity contribution >= 4 is 10.9 Å². The van der Waals surface area contributed by atoms with E-state index in [-0.39, 0.29) is 37.8 Å². The van der Waals surface area contributed by atoms with Crippen LogP contribution in [0.5, 0.6) is 5.75 Å². The number of alkyl halides is 2. The third-order valence-electron chi connectivity index (χ3n) is 5.24. The molecule has 2 aromatic rings. The van der Waals surface area contributed by atoms with E-state index in [1.54, 1.807) is 23.0 Å². The molecule has 0 bridgehead atoms. The van der Waals surface area contributed by atoms with Gasteiger partial charge in [0.1, 0.15) is 5.75 Å². The third kappa shape index (κ3) is 5.51. The maximum atomic E-state index is 13.9. The summed E-state index contributed by atoms with van der Waals surface area (Å²) in [7, 11) is -2.66. The van der Waals surface area contributed by atoms with Crippen LogP contribution in [-0.2, 0) is 10.9 Å². The number of ether oxygens (including phenoxy) is 1. The Morgan fingerprint density at radius 1 is 1.25 bits per heavy atom. The predicted octanol–water partition coefficient (Wildman–Crippen LogP) is 3.12. The van der Waals surface area contributed by atoms with E-state index in [2.05, 4.69) is 9.82 Å². The molecule has 0 spiro atoms. The number of hydrogen-bond acceptors (Lipinski definition) is 4. The second kappa shape index (κ2) is 9.00. The van der Waals surface area contributed by atoms with Gasteiger partial charge >= 0.3 is 0 Å². The molecule has 2 unspecified atom stereocenters. The van der Waals surface area contributed by atoms with Crippen LogP contribution in [0.2, 0.25) is 0 Å². The summed E-state index contributed by atoms with van der Waals surface area (Å²) in [6.45, 7) is 2.41. The van der Waals surface area contributed by atoms with Gasteiger partial charge in [-0.05, 0) is 56.0 Å². The van der Waals surface area contributed by atoms with Crippen LogP contribution in [0.25, 0.3) is 5.69 Å². The van der Waals surface area contributed by atoms with Crippen LogP contribution in [-0.4, -0.2) is 37.3 Å². The van der Waals surface area contributed by atoms with Crippen molar-refractivity contribution in [3.63, 3.8) is 0 Å². The van der Waals surface area contributed by atoms with Gasteiger partial charge in [-0.1, -0.05) is 0 Å². The van der Waals surface area contributed by atoms with Crippen molar-refractivity contribution in [3.05, 3.63) is 42.2 Å². The van der Waals surface area contributed by atoms with E-state index in [9.17, 15) is 17.2 Å². The molecule has 0 aliphatic heterocycles. The molecular formula is C19H25F2N3O3S. The van der Waals surface area contributed by atoms with Crippen molar-refractivity contribution in [3.8, 4) is 11.4 Å². The van der Waals surface area contributed by atoms with Gasteiger partial charge in [-0.2, -0.15) is 5.10 Å². The first kappa shape index (κ1) is 20.7. The van der Waals surface area contributed by atoms with Gasteiger partial charge < -0.3 is 4.74 Å². The lowest BCUT2D eigenvalue weighted by molar-refractivity contribution is -0.0776. The first-order valence-electron chi connectivity index (χ1n) is 9.34. The largest absolute Gasteiger partial charge is 0.493 e. The lowest BCUT2D eigenvalue weighted by Gasteiger charge is -2.36. The molecule has 1 heterocycles. The fourth-order valence-corrected chi connectivity index (χ4v) is 4.04. The van der Waals surface area contributed by atoms with Crippen LogP contribution in [0.15, 0.2) is 36.5 Å². The quantitative estimate of drug-likeness (QED) is 0.653. The maximum Gasteiger partial charge on any atom is 0.248 e. The summed E-state index contributed by atoms with van der Waals surface area (Å²) in [6.07, 6.45) is 2.24. The average Bonchev–Trinajstić information content (AvgIpc) is 3.07. The minimum Gasteiger partial charge on any atom is -0.493 e. The van der Waals surface area contributed by atoms with Gasteiger partial charge in [0.2, 0.25) is 16.8 Å². The molecule has 0 radical (unpaired) electrons. The van der Waals surface area contributed by atoms with Crippen molar-refractivity contribution in [2.45, 2.75) is 38.5 Å². The van der Waals surface area contributed by atoms with Crippen LogP contribution < -0.4 is 9.46 Å². The summed E-state index contributed by atoms with van der Waals surface area (Å²) in [5.74, 6) is -2.39. The van der Waals surface area contributed by atoms with E-state index >= 15 is 0 Å². The Kier molecular flexibility index (Phi) is 6.66. The number of nitrogens with one attached hydrogen (secondary N) is 1. The van der Waals surface area contributed by atoms with Crippen molar-refractivity contribution < 1.29 is 21.9 Å². The molecule has 1 aromatic heterocycles. The molecule has 0 saturated heterocycles. The molecular weight excluding hydrogens is 388 g/mol. The predicted molar refractivity (Wildman–Crippen MR) is 103 cm³/mol. The van der Waals surface area contributed by atoms with E-state index in [0.717, 1.165) is 11.4 Å². The molecule has 1 saturated carbocycles. The molecule has 2 atom stereocenters. The third-order valence-corrected chi connectivity index (χ3v) is 5.72. The number of aromatic nitrogens is 2. The van der Waals surface area contributed by atoms with Crippen molar-refractivity contribution in [1.29, 1.82) is 0 Å². The summed E-state index contributed by atoms with van der Waals surface area (Å²) < 4.78 is 59.0. The van der Waals surface area contributed by atoms with Gasteiger partial charge in [0, 0.05) is 37.2 Å². The molecule has 9 heteroatoms. The van der Waals surface area contributed by atoms with Crippen molar-refractivity contribution in [1.82, 2.24) is 14.5 Å². The maximum absolute atomic E-state index is 13.9. The van der Waals surface area contributed by atoms with Gasteiger partial charge in [0.05, 0.1) is 12.3 Å². The molecule has 154 valence electrons. The lowest BCUT2D eigenvalue weighted by Crippen LogP contribution is -2.36. The first-order chi connectivity index (χ1) is 13.3. The number of hydrogen-bond donors (Lipinski definition) is 2. The summed E-state index contributed by atoms with van der Waals surface area (Å²) in [6, 6.07) is 9.26. The zero-order valence-electron chi connectivity index (χ0n) is 15.7. The van der Waals surface area contributed by atoms with E-state index in [4.69, 9.17) is 4.74 Å². The monoisotopic (exact) mass is 413 g/mol. The number of thiol groups is 1. The summed E-state index contributed by atoms with van der Waals surface area (Å²) in [4.78, 5) is 0. The Morgan fingerprint density at radius 3 is 2.64 bits per heavy atom. The number of benzene rings is 1. The zero-order chi connectivity index (χ0) is 20.1. The molecule has 1 aliphatic rings. The fourth-order valence-electron chi connectivity index (χ4n) is 3.73. The average molecular weight is 413 g/mol. The second-order valence-electron chi connectivity index (χ2n) is 7.26. The lowest BCUT2D eigenvalue weighted by atomic mass is 9.76. The minimum absolute atomic E-state index is 0.00747. The molecule has 3 rings (SSSR count). The Hall–Kier alpha value is -2.00. The highest BCUT2D eigenvalue weighted by atomic mass is 32.2. The van der Waals surface area contributed by atoms with Gasteiger partial charge in [-0.15, -0.1) is 0 Å². The summed E-state index contributed by atoms with van der Waals surface area (Å²) in [5, 5.41) is 4.25. The van der Waals surface area contributed by atoms with Gasteiger partial charge in [-0.3, -0.25) is 0 Å². The standard InChI is InChI=1S/C19H25F2N3O3S/c1-14-7-10-22-24(14)17-2-4-18(5-3-17)27-13-16-12-19(20,21)9-6-15(16)8-11-23-28(25)26/h2-5,7,10,15-16,28H,6,8-9,11-13H2,1H3,(H,23,25,26). The Bertz CT molecular complexity index is 844. The number of nitrogens with zero attached hydrogens (tertiary/aromatic N) is 2. The first-order valence-corrected chi connectivity index (χ1v) is 10.5. The van der Waals surface area contributed by atoms with E-state index in [0.29, 0.717) is 18.6 Å². The molecule has 6 nitrogen and oxygen atoms in total. The molecule has 0 amide bonds. The summed E-state index contributed by atoms with van der Waals surface area (Å²) in [5.41, 5.74) is 1.91. The molecule has 1 aromatic carbocycles. The number of aryl methyl sites for hydroxylation is 1. The Balaban J connectivity index is 1.60. The highest BCUT2D eigenvalue weighted by Crippen LogP contribution is 2.41. The minimum atomic E-state index is -2.69. The van der Waals surface area contributed by atoms with Crippen molar-refractivity contribution in [2.24, 2.45) is 11.8 Å². The molecule has 1 N–H and O–H groups in total. The highest BCUT2D eigenvalue weighted by Gasteiger charge is 2.41. The van der Waals surface area contributed by atoms with Crippen LogP contribution in [0.4, 0.5) is 8.78 Å². The Morgan fingerprint density at radius 2 is 2.00 bits per heavy atom. The molecule has 28 heavy (non-hydrogen) atoms. The van der Waals surface area contributed by atoms with Crippen LogP contribution >= 0.6 is 0 Å². The van der Waals surface area contributed by atoms with Gasteiger partial charge in [0.15, 0.2) is 0 Å². The highest BCUT2D eigenvalue weighted by molar-refractivity contribution is 7.70. The number of halogens is 2. The van der Waals surface area contributed by atoms with E-state index in [1.807, 2.05) is 25.1 Å². The SMILES string of the molecule is Cc1ccnn1-c1ccc(OCC2CC(F)(F)CCC2CCN[SH](=O)=O)cc1. The van der Waals surface area contributed by atoms with Gasteiger partial charge in [0.25, 0.3) is 0 Å². The van der Waals surface area contributed by atoms with Crippen LogP contribution in [0.3, 0.4) is 0 Å². The van der Waals surface area contributed by atoms with E-state index < -0.39 is 16.8 Å². The topological polar surface area (TPSA) is 73.2 Å².